The van der Waals surface area contributed by atoms with E-state index in [1.54, 1.807) is 17.4 Å². The fourth-order valence-corrected chi connectivity index (χ4v) is 3.26. The van der Waals surface area contributed by atoms with E-state index in [-0.39, 0.29) is 0 Å². The Bertz CT molecular complexity index is 757. The Morgan fingerprint density at radius 2 is 2.25 bits per heavy atom. The van der Waals surface area contributed by atoms with Gasteiger partial charge in [0.1, 0.15) is 0 Å². The van der Waals surface area contributed by atoms with Crippen molar-refractivity contribution in [3.05, 3.63) is 47.8 Å². The number of thiazole rings is 1. The van der Waals surface area contributed by atoms with E-state index in [1.807, 2.05) is 16.8 Å². The van der Waals surface area contributed by atoms with E-state index < -0.39 is 0 Å². The minimum absolute atomic E-state index is 0.557. The van der Waals surface area contributed by atoms with Gasteiger partial charge in [-0.15, -0.1) is 0 Å². The predicted molar refractivity (Wildman–Crippen MR) is 83.0 cm³/mol. The monoisotopic (exact) mass is 284 g/mol. The second kappa shape index (κ2) is 5.21. The average Bonchev–Trinajstić information content (AvgIpc) is 3.10. The predicted octanol–water partition coefficient (Wildman–Crippen LogP) is 4.41. The Hall–Kier alpha value is -1.94. The summed E-state index contributed by atoms with van der Waals surface area (Å²) in [4.78, 5) is 15.6. The molecule has 0 saturated carbocycles. The van der Waals surface area contributed by atoms with Gasteiger partial charge in [-0.3, -0.25) is 9.36 Å². The third-order valence-corrected chi connectivity index (χ3v) is 4.71. The van der Waals surface area contributed by atoms with Gasteiger partial charge in [-0.25, -0.2) is 4.98 Å². The number of fused-ring (bicyclic) bond motifs is 1. The molecule has 0 aliphatic heterocycles. The molecule has 0 bridgehead atoms. The Kier molecular flexibility index (Phi) is 3.40. The van der Waals surface area contributed by atoms with Crippen molar-refractivity contribution in [2.45, 2.75) is 26.2 Å². The Morgan fingerprint density at radius 1 is 1.40 bits per heavy atom. The minimum atomic E-state index is 0.557. The van der Waals surface area contributed by atoms with Crippen LogP contribution in [-0.2, 0) is 0 Å². The highest BCUT2D eigenvalue weighted by Gasteiger charge is 2.10. The summed E-state index contributed by atoms with van der Waals surface area (Å²) in [6.07, 6.45) is 3.86. The molecule has 0 aliphatic carbocycles. The van der Waals surface area contributed by atoms with Crippen LogP contribution in [0.25, 0.3) is 15.3 Å². The maximum atomic E-state index is 11.0. The number of carbonyl (C=O) groups is 1. The first kappa shape index (κ1) is 13.1. The van der Waals surface area contributed by atoms with Gasteiger partial charge in [0.15, 0.2) is 11.4 Å². The zero-order chi connectivity index (χ0) is 14.1. The lowest BCUT2D eigenvalue weighted by Gasteiger charge is -2.07. The van der Waals surface area contributed by atoms with E-state index in [0.717, 1.165) is 23.4 Å². The van der Waals surface area contributed by atoms with Crippen LogP contribution in [0.1, 0.15) is 42.2 Å². The molecule has 3 rings (SSSR count). The highest BCUT2D eigenvalue weighted by atomic mass is 32.1. The number of rotatable bonds is 4. The zero-order valence-electron chi connectivity index (χ0n) is 11.5. The highest BCUT2D eigenvalue weighted by Crippen LogP contribution is 2.29. The molecule has 3 nitrogen and oxygen atoms in total. The molecule has 0 spiro atoms. The number of aromatic nitrogens is 2. The lowest BCUT2D eigenvalue weighted by atomic mass is 9.99. The van der Waals surface area contributed by atoms with Gasteiger partial charge in [-0.05, 0) is 42.2 Å². The molecule has 1 aromatic carbocycles. The van der Waals surface area contributed by atoms with Crippen LogP contribution < -0.4 is 0 Å². The summed E-state index contributed by atoms with van der Waals surface area (Å²) >= 11 is 1.62. The highest BCUT2D eigenvalue weighted by molar-refractivity contribution is 7.20. The summed E-state index contributed by atoms with van der Waals surface area (Å²) in [5.74, 6) is 0.557. The van der Waals surface area contributed by atoms with E-state index in [2.05, 4.69) is 37.0 Å². The molecule has 20 heavy (non-hydrogen) atoms. The van der Waals surface area contributed by atoms with E-state index in [1.165, 1.54) is 10.3 Å². The van der Waals surface area contributed by atoms with E-state index in [9.17, 15) is 4.79 Å². The molecule has 1 atom stereocenters. The van der Waals surface area contributed by atoms with Crippen molar-refractivity contribution in [3.8, 4) is 5.13 Å². The Balaban J connectivity index is 2.09. The number of hydrogen-bond acceptors (Lipinski definition) is 3. The summed E-state index contributed by atoms with van der Waals surface area (Å²) in [6, 6.07) is 10.1. The molecule has 102 valence electrons. The standard InChI is InChI=1S/C16H16N2OS/c1-3-11(2)12-6-7-14-15(9-12)20-16(17-14)18-8-4-5-13(18)10-19/h4-11H,3H2,1-2H3. The molecular formula is C16H16N2OS. The van der Waals surface area contributed by atoms with Gasteiger partial charge < -0.3 is 0 Å². The Labute approximate surface area is 121 Å². The maximum Gasteiger partial charge on any atom is 0.195 e. The molecule has 3 aromatic rings. The smallest absolute Gasteiger partial charge is 0.195 e. The molecule has 1 unspecified atom stereocenters. The summed E-state index contributed by atoms with van der Waals surface area (Å²) < 4.78 is 3.00. The summed E-state index contributed by atoms with van der Waals surface area (Å²) in [6.45, 7) is 4.43. The van der Waals surface area contributed by atoms with Crippen molar-refractivity contribution in [2.24, 2.45) is 0 Å². The molecule has 0 amide bonds. The third-order valence-electron chi connectivity index (χ3n) is 3.69. The number of nitrogens with zero attached hydrogens (tertiary/aromatic N) is 2. The van der Waals surface area contributed by atoms with Crippen molar-refractivity contribution < 1.29 is 4.79 Å². The van der Waals surface area contributed by atoms with Crippen LogP contribution in [0.4, 0.5) is 0 Å². The molecule has 2 heterocycles. The zero-order valence-corrected chi connectivity index (χ0v) is 12.4. The number of benzene rings is 1. The first-order valence-electron chi connectivity index (χ1n) is 6.76. The molecule has 0 fully saturated rings. The minimum Gasteiger partial charge on any atom is -0.296 e. The van der Waals surface area contributed by atoms with Crippen molar-refractivity contribution in [1.82, 2.24) is 9.55 Å². The van der Waals surface area contributed by atoms with Crippen molar-refractivity contribution >= 4 is 27.8 Å². The van der Waals surface area contributed by atoms with Crippen molar-refractivity contribution in [3.63, 3.8) is 0 Å². The SMILES string of the molecule is CCC(C)c1ccc2nc(-n3cccc3C=O)sc2c1. The number of aldehydes is 1. The van der Waals surface area contributed by atoms with E-state index >= 15 is 0 Å². The lowest BCUT2D eigenvalue weighted by molar-refractivity contribution is 0.111. The van der Waals surface area contributed by atoms with Gasteiger partial charge in [-0.1, -0.05) is 31.3 Å². The van der Waals surface area contributed by atoms with E-state index in [0.29, 0.717) is 11.6 Å². The quantitative estimate of drug-likeness (QED) is 0.665. The fourth-order valence-electron chi connectivity index (χ4n) is 2.24. The fraction of sp³-hybridized carbons (Fsp3) is 0.250. The normalized spacial score (nSPS) is 12.7. The average molecular weight is 284 g/mol. The van der Waals surface area contributed by atoms with Crippen LogP contribution in [0.15, 0.2) is 36.5 Å². The molecular weight excluding hydrogens is 268 g/mol. The van der Waals surface area contributed by atoms with Gasteiger partial charge in [0, 0.05) is 6.20 Å². The summed E-state index contributed by atoms with van der Waals surface area (Å²) in [7, 11) is 0. The van der Waals surface area contributed by atoms with Gasteiger partial charge in [0.2, 0.25) is 0 Å². The van der Waals surface area contributed by atoms with Crippen LogP contribution in [0.3, 0.4) is 0 Å². The summed E-state index contributed by atoms with van der Waals surface area (Å²) in [5.41, 5.74) is 2.96. The molecule has 0 saturated heterocycles. The van der Waals surface area contributed by atoms with E-state index in [4.69, 9.17) is 0 Å². The van der Waals surface area contributed by atoms with Gasteiger partial charge in [0.05, 0.1) is 15.9 Å². The van der Waals surface area contributed by atoms with Crippen molar-refractivity contribution in [2.75, 3.05) is 0 Å². The van der Waals surface area contributed by atoms with Gasteiger partial charge >= 0.3 is 0 Å². The van der Waals surface area contributed by atoms with Gasteiger partial charge in [0.25, 0.3) is 0 Å². The first-order valence-corrected chi connectivity index (χ1v) is 7.58. The lowest BCUT2D eigenvalue weighted by Crippen LogP contribution is -1.95. The number of hydrogen-bond donors (Lipinski definition) is 0. The van der Waals surface area contributed by atoms with Crippen LogP contribution >= 0.6 is 11.3 Å². The first-order chi connectivity index (χ1) is 9.72. The topological polar surface area (TPSA) is 34.9 Å². The maximum absolute atomic E-state index is 11.0. The van der Waals surface area contributed by atoms with Crippen LogP contribution in [-0.4, -0.2) is 15.8 Å². The molecule has 0 N–H and O–H groups in total. The molecule has 2 aromatic heterocycles. The molecule has 0 aliphatic rings. The molecule has 4 heteroatoms. The second-order valence-corrected chi connectivity index (χ2v) is 5.96. The summed E-state index contributed by atoms with van der Waals surface area (Å²) in [5, 5.41) is 0.841. The third kappa shape index (κ3) is 2.16. The number of carbonyl (C=O) groups excluding carboxylic acids is 1. The molecule has 0 radical (unpaired) electrons. The van der Waals surface area contributed by atoms with Crippen LogP contribution in [0, 0.1) is 0 Å². The van der Waals surface area contributed by atoms with Crippen LogP contribution in [0.5, 0.6) is 0 Å². The second-order valence-electron chi connectivity index (χ2n) is 4.95. The Morgan fingerprint density at radius 3 is 3.00 bits per heavy atom. The van der Waals surface area contributed by atoms with Crippen LogP contribution in [0.2, 0.25) is 0 Å². The van der Waals surface area contributed by atoms with Crippen molar-refractivity contribution in [1.29, 1.82) is 0 Å². The van der Waals surface area contributed by atoms with Gasteiger partial charge in [-0.2, -0.15) is 0 Å². The largest absolute Gasteiger partial charge is 0.296 e.